The van der Waals surface area contributed by atoms with E-state index in [9.17, 15) is 9.59 Å². The van der Waals surface area contributed by atoms with Gasteiger partial charge in [-0.3, -0.25) is 0 Å². The predicted octanol–water partition coefficient (Wildman–Crippen LogP) is 3.99. The van der Waals surface area contributed by atoms with E-state index >= 15 is 0 Å². The van der Waals surface area contributed by atoms with Gasteiger partial charge in [0.1, 0.15) is 0 Å². The van der Waals surface area contributed by atoms with Crippen molar-refractivity contribution in [3.05, 3.63) is 35.8 Å². The van der Waals surface area contributed by atoms with Gasteiger partial charge in [0.2, 0.25) is 0 Å². The Balaban J connectivity index is 2.04. The van der Waals surface area contributed by atoms with Crippen molar-refractivity contribution in [1.29, 1.82) is 0 Å². The summed E-state index contributed by atoms with van der Waals surface area (Å²) in [6.07, 6.45) is 7.56. The summed E-state index contributed by atoms with van der Waals surface area (Å²) in [5.74, 6) is -1.33. The summed E-state index contributed by atoms with van der Waals surface area (Å²) >= 11 is 0. The summed E-state index contributed by atoms with van der Waals surface area (Å²) in [4.78, 5) is 31.4. The normalized spacial score (nSPS) is 15.6. The van der Waals surface area contributed by atoms with Gasteiger partial charge in [0, 0.05) is 24.5 Å². The molecule has 0 radical (unpaired) electrons. The molecule has 7 nitrogen and oxygen atoms in total. The van der Waals surface area contributed by atoms with Crippen LogP contribution >= 0.6 is 0 Å². The first-order chi connectivity index (χ1) is 14.5. The van der Waals surface area contributed by atoms with Gasteiger partial charge in [-0.1, -0.05) is 13.3 Å². The molecule has 0 fully saturated rings. The van der Waals surface area contributed by atoms with Crippen molar-refractivity contribution in [2.75, 3.05) is 18.1 Å². The molecule has 1 aromatic heterocycles. The monoisotopic (exact) mass is 413 g/mol. The van der Waals surface area contributed by atoms with Gasteiger partial charge < -0.3 is 18.9 Å². The average Bonchev–Trinajstić information content (AvgIpc) is 3.12. The molecular weight excluding hydrogens is 382 g/mol. The molecule has 1 aliphatic heterocycles. The lowest BCUT2D eigenvalue weighted by Crippen LogP contribution is -2.35. The molecule has 0 amide bonds. The van der Waals surface area contributed by atoms with Gasteiger partial charge in [0.05, 0.1) is 30.6 Å². The summed E-state index contributed by atoms with van der Waals surface area (Å²) in [7, 11) is 0. The molecule has 1 unspecified atom stereocenters. The van der Waals surface area contributed by atoms with Crippen LogP contribution in [-0.4, -0.2) is 40.7 Å². The summed E-state index contributed by atoms with van der Waals surface area (Å²) in [5, 5.41) is 0. The Morgan fingerprint density at radius 1 is 1.17 bits per heavy atom. The fourth-order valence-corrected chi connectivity index (χ4v) is 3.77. The molecule has 1 aromatic carbocycles. The van der Waals surface area contributed by atoms with Crippen LogP contribution in [0.25, 0.3) is 11.0 Å². The molecule has 0 aliphatic carbocycles. The van der Waals surface area contributed by atoms with E-state index in [1.165, 1.54) is 5.56 Å². The standard InChI is InChI=1S/C23H31N3O4/c1-5-8-11-25-15-24-19-13-20-17(12-21(19)25)10-9-16(4)26(20)14-18(22(27)29-6-2)23(28)30-7-3/h12-16H,5-11H2,1-4H3. The Kier molecular flexibility index (Phi) is 7.13. The summed E-state index contributed by atoms with van der Waals surface area (Å²) in [6.45, 7) is 9.02. The lowest BCUT2D eigenvalue weighted by Gasteiger charge is -2.35. The number of hydrogen-bond acceptors (Lipinski definition) is 6. The van der Waals surface area contributed by atoms with Gasteiger partial charge in [-0.05, 0) is 57.7 Å². The number of rotatable bonds is 8. The number of aryl methyl sites for hydroxylation is 2. The lowest BCUT2D eigenvalue weighted by atomic mass is 9.96. The zero-order valence-corrected chi connectivity index (χ0v) is 18.3. The summed E-state index contributed by atoms with van der Waals surface area (Å²) < 4.78 is 12.4. The highest BCUT2D eigenvalue weighted by molar-refractivity contribution is 6.14. The number of unbranched alkanes of at least 4 members (excludes halogenated alkanes) is 1. The quantitative estimate of drug-likeness (QED) is 0.282. The Bertz CT molecular complexity index is 927. The predicted molar refractivity (Wildman–Crippen MR) is 116 cm³/mol. The smallest absolute Gasteiger partial charge is 0.347 e. The van der Waals surface area contributed by atoms with Gasteiger partial charge in [-0.2, -0.15) is 0 Å². The third-order valence-corrected chi connectivity index (χ3v) is 5.42. The second-order valence-corrected chi connectivity index (χ2v) is 7.54. The fraction of sp³-hybridized carbons (Fsp3) is 0.522. The summed E-state index contributed by atoms with van der Waals surface area (Å²) in [5.41, 5.74) is 4.09. The molecule has 1 atom stereocenters. The fourth-order valence-electron chi connectivity index (χ4n) is 3.77. The van der Waals surface area contributed by atoms with E-state index in [2.05, 4.69) is 29.5 Å². The van der Waals surface area contributed by atoms with Crippen LogP contribution in [0.1, 0.15) is 52.5 Å². The van der Waals surface area contributed by atoms with E-state index in [4.69, 9.17) is 9.47 Å². The van der Waals surface area contributed by atoms with Crippen molar-refractivity contribution in [2.24, 2.45) is 0 Å². The van der Waals surface area contributed by atoms with Crippen LogP contribution in [-0.2, 0) is 32.0 Å². The van der Waals surface area contributed by atoms with Crippen LogP contribution in [0.2, 0.25) is 0 Å². The minimum Gasteiger partial charge on any atom is -0.462 e. The minimum absolute atomic E-state index is 0.0908. The number of anilines is 1. The Morgan fingerprint density at radius 2 is 1.87 bits per heavy atom. The second-order valence-electron chi connectivity index (χ2n) is 7.54. The van der Waals surface area contributed by atoms with E-state index in [-0.39, 0.29) is 24.8 Å². The number of hydrogen-bond donors (Lipinski definition) is 0. The first-order valence-electron chi connectivity index (χ1n) is 10.8. The molecule has 0 N–H and O–H groups in total. The van der Waals surface area contributed by atoms with Crippen molar-refractivity contribution in [3.63, 3.8) is 0 Å². The van der Waals surface area contributed by atoms with Crippen LogP contribution in [0.15, 0.2) is 30.2 Å². The average molecular weight is 414 g/mol. The van der Waals surface area contributed by atoms with E-state index in [0.29, 0.717) is 0 Å². The molecule has 0 saturated carbocycles. The minimum atomic E-state index is -0.666. The van der Waals surface area contributed by atoms with Crippen molar-refractivity contribution >= 4 is 28.7 Å². The van der Waals surface area contributed by atoms with Crippen molar-refractivity contribution in [3.8, 4) is 0 Å². The van der Waals surface area contributed by atoms with Crippen LogP contribution in [0.4, 0.5) is 5.69 Å². The number of carbonyl (C=O) groups is 2. The maximum Gasteiger partial charge on any atom is 0.347 e. The number of nitrogens with zero attached hydrogens (tertiary/aromatic N) is 3. The number of fused-ring (bicyclic) bond motifs is 2. The second kappa shape index (κ2) is 9.78. The molecule has 3 rings (SSSR count). The Labute approximate surface area is 177 Å². The third kappa shape index (κ3) is 4.50. The number of ether oxygens (including phenoxy) is 2. The highest BCUT2D eigenvalue weighted by Crippen LogP contribution is 2.35. The largest absolute Gasteiger partial charge is 0.462 e. The summed E-state index contributed by atoms with van der Waals surface area (Å²) in [6, 6.07) is 4.36. The number of benzene rings is 1. The Morgan fingerprint density at radius 3 is 2.50 bits per heavy atom. The highest BCUT2D eigenvalue weighted by atomic mass is 16.6. The van der Waals surface area contributed by atoms with Gasteiger partial charge in [0.15, 0.2) is 5.57 Å². The molecule has 30 heavy (non-hydrogen) atoms. The van der Waals surface area contributed by atoms with Crippen LogP contribution in [0.3, 0.4) is 0 Å². The van der Waals surface area contributed by atoms with Crippen LogP contribution in [0, 0.1) is 0 Å². The first-order valence-corrected chi connectivity index (χ1v) is 10.8. The number of aromatic nitrogens is 2. The van der Waals surface area contributed by atoms with Crippen LogP contribution < -0.4 is 4.90 Å². The lowest BCUT2D eigenvalue weighted by molar-refractivity contribution is -0.146. The topological polar surface area (TPSA) is 73.7 Å². The molecule has 2 heterocycles. The zero-order valence-electron chi connectivity index (χ0n) is 18.3. The molecule has 0 spiro atoms. The molecular formula is C23H31N3O4. The van der Waals surface area contributed by atoms with E-state index in [1.54, 1.807) is 20.0 Å². The highest BCUT2D eigenvalue weighted by Gasteiger charge is 2.28. The van der Waals surface area contributed by atoms with Gasteiger partial charge in [0.25, 0.3) is 0 Å². The van der Waals surface area contributed by atoms with Crippen LogP contribution in [0.5, 0.6) is 0 Å². The number of carbonyl (C=O) groups excluding carboxylic acids is 2. The maximum atomic E-state index is 12.4. The van der Waals surface area contributed by atoms with Gasteiger partial charge >= 0.3 is 11.9 Å². The first kappa shape index (κ1) is 21.9. The molecule has 2 aromatic rings. The van der Waals surface area contributed by atoms with Gasteiger partial charge in [-0.25, -0.2) is 14.6 Å². The molecule has 1 aliphatic rings. The van der Waals surface area contributed by atoms with Crippen molar-refractivity contribution < 1.29 is 19.1 Å². The molecule has 162 valence electrons. The van der Waals surface area contributed by atoms with E-state index in [1.807, 2.05) is 17.3 Å². The third-order valence-electron chi connectivity index (χ3n) is 5.42. The Hall–Kier alpha value is -2.83. The van der Waals surface area contributed by atoms with Crippen molar-refractivity contribution in [1.82, 2.24) is 9.55 Å². The zero-order chi connectivity index (χ0) is 21.7. The van der Waals surface area contributed by atoms with E-state index in [0.717, 1.165) is 48.9 Å². The van der Waals surface area contributed by atoms with Crippen molar-refractivity contribution in [2.45, 2.75) is 66.0 Å². The maximum absolute atomic E-state index is 12.4. The SMILES string of the molecule is CCCCn1cnc2cc3c(cc21)CCC(C)N3C=C(C(=O)OCC)C(=O)OCC. The van der Waals surface area contributed by atoms with Gasteiger partial charge in [-0.15, -0.1) is 0 Å². The molecule has 0 saturated heterocycles. The molecule has 0 bridgehead atoms. The number of esters is 2. The van der Waals surface area contributed by atoms with E-state index < -0.39 is 11.9 Å². The number of imidazole rings is 1. The molecule has 7 heteroatoms.